The summed E-state index contributed by atoms with van der Waals surface area (Å²) in [6, 6.07) is 26.8. The molecule has 1 aliphatic carbocycles. The Kier molecular flexibility index (Phi) is 8.44. The summed E-state index contributed by atoms with van der Waals surface area (Å²) in [5, 5.41) is 8.86. The zero-order chi connectivity index (χ0) is 23.6. The predicted octanol–water partition coefficient (Wildman–Crippen LogP) is 5.17. The fourth-order valence-electron chi connectivity index (χ4n) is 4.18. The Morgan fingerprint density at radius 3 is 2.50 bits per heavy atom. The number of fused-ring (bicyclic) bond motifs is 1. The first-order chi connectivity index (χ1) is 16.7. The topological polar surface area (TPSA) is 49.8 Å². The van der Waals surface area contributed by atoms with Crippen LogP contribution in [0.2, 0.25) is 0 Å². The molecule has 0 amide bonds. The molecule has 4 nitrogen and oxygen atoms in total. The fraction of sp³-hybridized carbons (Fsp3) is 0.233. The van der Waals surface area contributed by atoms with Crippen molar-refractivity contribution in [1.82, 2.24) is 4.90 Å². The molecular formula is C30H31NO3. The lowest BCUT2D eigenvalue weighted by Gasteiger charge is -2.23. The average molecular weight is 454 g/mol. The zero-order valence-corrected chi connectivity index (χ0v) is 19.4. The van der Waals surface area contributed by atoms with E-state index >= 15 is 0 Å². The van der Waals surface area contributed by atoms with Gasteiger partial charge >= 0.3 is 0 Å². The first kappa shape index (κ1) is 23.7. The van der Waals surface area contributed by atoms with E-state index in [-0.39, 0.29) is 5.78 Å². The van der Waals surface area contributed by atoms with Gasteiger partial charge in [-0.1, -0.05) is 78.9 Å². The molecule has 0 aromatic heterocycles. The van der Waals surface area contributed by atoms with Gasteiger partial charge in [0.2, 0.25) is 0 Å². The summed E-state index contributed by atoms with van der Waals surface area (Å²) >= 11 is 0. The Morgan fingerprint density at radius 2 is 1.71 bits per heavy atom. The predicted molar refractivity (Wildman–Crippen MR) is 138 cm³/mol. The van der Waals surface area contributed by atoms with Crippen LogP contribution >= 0.6 is 0 Å². The standard InChI is InChI=1S/C30H31NO3/c32-23-28(33)17-14-24-10-12-25(13-11-24)22-31(20-21-34-29-7-2-1-3-8-29)19-18-27-16-15-26-6-4-5-9-30(26)27/h1-14,16-17,32H,15,18-23H2/b17-14+. The average Bonchev–Trinajstić information content (AvgIpc) is 3.30. The minimum Gasteiger partial charge on any atom is -0.492 e. The lowest BCUT2D eigenvalue weighted by atomic mass is 10.0. The molecule has 0 bridgehead atoms. The third-order valence-electron chi connectivity index (χ3n) is 6.05. The van der Waals surface area contributed by atoms with Crippen LogP contribution in [0.25, 0.3) is 11.6 Å². The number of para-hydroxylation sites is 1. The molecular weight excluding hydrogens is 422 g/mol. The molecule has 0 radical (unpaired) electrons. The summed E-state index contributed by atoms with van der Waals surface area (Å²) in [7, 11) is 0. The number of nitrogens with zero attached hydrogens (tertiary/aromatic N) is 1. The van der Waals surface area contributed by atoms with Gasteiger partial charge in [-0.3, -0.25) is 9.69 Å². The molecule has 1 aliphatic rings. The molecule has 4 rings (SSSR count). The molecule has 3 aromatic carbocycles. The Morgan fingerprint density at radius 1 is 0.941 bits per heavy atom. The van der Waals surface area contributed by atoms with Gasteiger partial charge in [-0.25, -0.2) is 0 Å². The number of benzene rings is 3. The molecule has 0 saturated carbocycles. The van der Waals surface area contributed by atoms with Crippen molar-refractivity contribution in [2.24, 2.45) is 0 Å². The van der Waals surface area contributed by atoms with E-state index in [1.54, 1.807) is 6.08 Å². The third kappa shape index (κ3) is 6.77. The minimum absolute atomic E-state index is 0.295. The molecule has 4 heteroatoms. The van der Waals surface area contributed by atoms with Crippen LogP contribution in [0.4, 0.5) is 0 Å². The van der Waals surface area contributed by atoms with Crippen molar-refractivity contribution >= 4 is 17.4 Å². The first-order valence-electron chi connectivity index (χ1n) is 11.8. The summed E-state index contributed by atoms with van der Waals surface area (Å²) in [4.78, 5) is 13.7. The van der Waals surface area contributed by atoms with Crippen molar-refractivity contribution in [2.45, 2.75) is 19.4 Å². The van der Waals surface area contributed by atoms with Gasteiger partial charge in [0.15, 0.2) is 5.78 Å². The zero-order valence-electron chi connectivity index (χ0n) is 19.4. The summed E-state index contributed by atoms with van der Waals surface area (Å²) in [5.41, 5.74) is 6.39. The maximum atomic E-state index is 11.3. The van der Waals surface area contributed by atoms with Crippen LogP contribution in [0.3, 0.4) is 0 Å². The van der Waals surface area contributed by atoms with Gasteiger partial charge in [-0.15, -0.1) is 0 Å². The highest BCUT2D eigenvalue weighted by molar-refractivity contribution is 5.94. The summed E-state index contributed by atoms with van der Waals surface area (Å²) in [6.45, 7) is 2.77. The van der Waals surface area contributed by atoms with Gasteiger partial charge in [-0.2, -0.15) is 0 Å². The third-order valence-corrected chi connectivity index (χ3v) is 6.05. The first-order valence-corrected chi connectivity index (χ1v) is 11.8. The van der Waals surface area contributed by atoms with Crippen molar-refractivity contribution in [2.75, 3.05) is 26.3 Å². The van der Waals surface area contributed by atoms with Gasteiger partial charge < -0.3 is 9.84 Å². The van der Waals surface area contributed by atoms with Crippen LogP contribution in [0, 0.1) is 0 Å². The maximum absolute atomic E-state index is 11.3. The van der Waals surface area contributed by atoms with Gasteiger partial charge in [0.1, 0.15) is 19.0 Å². The minimum atomic E-state index is -0.463. The quantitative estimate of drug-likeness (QED) is 0.384. The van der Waals surface area contributed by atoms with Crippen molar-refractivity contribution < 1.29 is 14.6 Å². The van der Waals surface area contributed by atoms with Crippen LogP contribution in [0.15, 0.2) is 91.0 Å². The van der Waals surface area contributed by atoms with Crippen LogP contribution in [0.5, 0.6) is 5.75 Å². The van der Waals surface area contributed by atoms with Gasteiger partial charge in [0.05, 0.1) is 0 Å². The SMILES string of the molecule is O=C(/C=C/c1ccc(CN(CCOc2ccccc2)CCC2=CCc3ccccc32)cc1)CO. The van der Waals surface area contributed by atoms with E-state index in [1.807, 2.05) is 42.5 Å². The van der Waals surface area contributed by atoms with E-state index in [4.69, 9.17) is 9.84 Å². The fourth-order valence-corrected chi connectivity index (χ4v) is 4.18. The molecule has 0 atom stereocenters. The Hall–Kier alpha value is -3.47. The monoisotopic (exact) mass is 453 g/mol. The molecule has 0 spiro atoms. The van der Waals surface area contributed by atoms with E-state index in [0.29, 0.717) is 6.61 Å². The second kappa shape index (κ2) is 12.1. The maximum Gasteiger partial charge on any atom is 0.181 e. The second-order valence-electron chi connectivity index (χ2n) is 8.48. The van der Waals surface area contributed by atoms with Gasteiger partial charge in [-0.05, 0) is 58.9 Å². The van der Waals surface area contributed by atoms with E-state index in [9.17, 15) is 4.79 Å². The molecule has 0 heterocycles. The molecule has 34 heavy (non-hydrogen) atoms. The number of carbonyl (C=O) groups is 1. The molecule has 0 fully saturated rings. The lowest BCUT2D eigenvalue weighted by molar-refractivity contribution is -0.117. The highest BCUT2D eigenvalue weighted by atomic mass is 16.5. The Labute approximate surface area is 201 Å². The van der Waals surface area contributed by atoms with Crippen LogP contribution in [0.1, 0.15) is 28.7 Å². The number of hydrogen-bond acceptors (Lipinski definition) is 4. The van der Waals surface area contributed by atoms with E-state index in [2.05, 4.69) is 47.4 Å². The van der Waals surface area contributed by atoms with Gasteiger partial charge in [0, 0.05) is 19.6 Å². The molecule has 0 saturated heterocycles. The number of rotatable bonds is 12. The number of ether oxygens (including phenoxy) is 1. The van der Waals surface area contributed by atoms with Crippen LogP contribution in [-0.2, 0) is 17.8 Å². The van der Waals surface area contributed by atoms with E-state index in [0.717, 1.165) is 43.8 Å². The number of ketones is 1. The van der Waals surface area contributed by atoms with Crippen LogP contribution in [-0.4, -0.2) is 42.1 Å². The number of aliphatic hydroxyl groups is 1. The number of allylic oxidation sites excluding steroid dienone is 1. The summed E-state index contributed by atoms with van der Waals surface area (Å²) in [5.74, 6) is 0.597. The second-order valence-corrected chi connectivity index (χ2v) is 8.48. The van der Waals surface area contributed by atoms with Crippen molar-refractivity contribution in [3.05, 3.63) is 113 Å². The van der Waals surface area contributed by atoms with Crippen molar-refractivity contribution in [3.8, 4) is 5.75 Å². The van der Waals surface area contributed by atoms with Crippen LogP contribution < -0.4 is 4.74 Å². The van der Waals surface area contributed by atoms with E-state index < -0.39 is 6.61 Å². The number of hydrogen-bond donors (Lipinski definition) is 1. The molecule has 174 valence electrons. The molecule has 1 N–H and O–H groups in total. The summed E-state index contributed by atoms with van der Waals surface area (Å²) < 4.78 is 5.97. The highest BCUT2D eigenvalue weighted by Gasteiger charge is 2.15. The highest BCUT2D eigenvalue weighted by Crippen LogP contribution is 2.29. The van der Waals surface area contributed by atoms with E-state index in [1.165, 1.54) is 28.3 Å². The molecule has 0 aliphatic heterocycles. The summed E-state index contributed by atoms with van der Waals surface area (Å²) in [6.07, 6.45) is 7.54. The largest absolute Gasteiger partial charge is 0.492 e. The Balaban J connectivity index is 1.38. The lowest BCUT2D eigenvalue weighted by Crippen LogP contribution is -2.29. The van der Waals surface area contributed by atoms with Crippen molar-refractivity contribution in [3.63, 3.8) is 0 Å². The normalized spacial score (nSPS) is 12.7. The van der Waals surface area contributed by atoms with Crippen molar-refractivity contribution in [1.29, 1.82) is 0 Å². The number of aliphatic hydroxyl groups excluding tert-OH is 1. The van der Waals surface area contributed by atoms with Gasteiger partial charge in [0.25, 0.3) is 0 Å². The Bertz CT molecular complexity index is 1130. The molecule has 0 unspecified atom stereocenters. The number of carbonyl (C=O) groups excluding carboxylic acids is 1. The molecule has 3 aromatic rings. The smallest absolute Gasteiger partial charge is 0.181 e.